The zero-order chi connectivity index (χ0) is 11.8. The Morgan fingerprint density at radius 2 is 2.38 bits per heavy atom. The first-order valence-electron chi connectivity index (χ1n) is 5.77. The normalized spacial score (nSPS) is 22.2. The summed E-state index contributed by atoms with van der Waals surface area (Å²) >= 11 is 1.88. The first-order chi connectivity index (χ1) is 7.72. The molecule has 1 unspecified atom stereocenters. The molecule has 1 heterocycles. The summed E-state index contributed by atoms with van der Waals surface area (Å²) in [7, 11) is 0. The summed E-state index contributed by atoms with van der Waals surface area (Å²) in [6.07, 6.45) is 4.56. The number of carboxylic acids is 1. The Morgan fingerprint density at radius 1 is 1.56 bits per heavy atom. The van der Waals surface area contributed by atoms with Gasteiger partial charge < -0.3 is 9.84 Å². The topological polar surface area (TPSA) is 49.8 Å². The third kappa shape index (κ3) is 5.72. The van der Waals surface area contributed by atoms with Gasteiger partial charge in [0.15, 0.2) is 0 Å². The average molecular weight is 247 g/mol. The lowest BCUT2D eigenvalue weighted by Crippen LogP contribution is -2.43. The molecule has 0 aromatic rings. The van der Waals surface area contributed by atoms with Crippen molar-refractivity contribution < 1.29 is 14.6 Å². The van der Waals surface area contributed by atoms with Crippen LogP contribution in [0.25, 0.3) is 0 Å². The third-order valence-electron chi connectivity index (χ3n) is 2.70. The zero-order valence-electron chi connectivity index (χ0n) is 9.85. The second kappa shape index (κ2) is 7.92. The quantitative estimate of drug-likeness (QED) is 0.687. The zero-order valence-corrected chi connectivity index (χ0v) is 10.7. The van der Waals surface area contributed by atoms with E-state index >= 15 is 0 Å². The fourth-order valence-corrected chi connectivity index (χ4v) is 2.38. The van der Waals surface area contributed by atoms with Crippen LogP contribution in [0.5, 0.6) is 0 Å². The van der Waals surface area contributed by atoms with Crippen LogP contribution in [0.15, 0.2) is 0 Å². The van der Waals surface area contributed by atoms with Gasteiger partial charge in [0.05, 0.1) is 19.1 Å². The van der Waals surface area contributed by atoms with Gasteiger partial charge >= 0.3 is 5.97 Å². The van der Waals surface area contributed by atoms with E-state index in [-0.39, 0.29) is 12.5 Å². The maximum atomic E-state index is 10.6. The van der Waals surface area contributed by atoms with E-state index in [0.29, 0.717) is 6.61 Å². The van der Waals surface area contributed by atoms with E-state index in [9.17, 15) is 4.79 Å². The number of aliphatic carboxylic acids is 1. The van der Waals surface area contributed by atoms with Crippen molar-refractivity contribution in [2.24, 2.45) is 0 Å². The van der Waals surface area contributed by atoms with Crippen LogP contribution < -0.4 is 0 Å². The van der Waals surface area contributed by atoms with Gasteiger partial charge in [0.2, 0.25) is 0 Å². The molecule has 0 saturated carbocycles. The van der Waals surface area contributed by atoms with Gasteiger partial charge in [-0.3, -0.25) is 9.69 Å². The standard InChI is InChI=1S/C11H21NO3S/c1-16-7-3-2-4-12-5-6-15-10(9-12)8-11(13)14/h10H,2-9H2,1H3,(H,13,14). The summed E-state index contributed by atoms with van der Waals surface area (Å²) in [5.74, 6) is 0.442. The molecule has 4 nitrogen and oxygen atoms in total. The molecule has 0 aromatic carbocycles. The number of nitrogens with zero attached hydrogens (tertiary/aromatic N) is 1. The van der Waals surface area contributed by atoms with E-state index in [1.54, 1.807) is 0 Å². The fraction of sp³-hybridized carbons (Fsp3) is 0.909. The van der Waals surface area contributed by atoms with Gasteiger partial charge in [0.25, 0.3) is 0 Å². The Bertz CT molecular complexity index is 213. The number of thioether (sulfide) groups is 1. The average Bonchev–Trinajstić information content (AvgIpc) is 2.24. The second-order valence-electron chi connectivity index (χ2n) is 4.09. The molecule has 0 spiro atoms. The first-order valence-corrected chi connectivity index (χ1v) is 7.16. The number of carbonyl (C=O) groups is 1. The number of rotatable bonds is 7. The number of hydrogen-bond donors (Lipinski definition) is 1. The van der Waals surface area contributed by atoms with Crippen molar-refractivity contribution in [3.05, 3.63) is 0 Å². The Kier molecular flexibility index (Phi) is 6.84. The smallest absolute Gasteiger partial charge is 0.306 e. The number of hydrogen-bond acceptors (Lipinski definition) is 4. The number of morpholine rings is 1. The monoisotopic (exact) mass is 247 g/mol. The van der Waals surface area contributed by atoms with Gasteiger partial charge in [-0.1, -0.05) is 0 Å². The van der Waals surface area contributed by atoms with Crippen LogP contribution >= 0.6 is 11.8 Å². The van der Waals surface area contributed by atoms with Gasteiger partial charge in [-0.05, 0) is 31.4 Å². The molecule has 1 atom stereocenters. The molecule has 94 valence electrons. The van der Waals surface area contributed by atoms with Crippen LogP contribution in [0.3, 0.4) is 0 Å². The highest BCUT2D eigenvalue weighted by molar-refractivity contribution is 7.98. The van der Waals surface area contributed by atoms with Crippen molar-refractivity contribution in [3.8, 4) is 0 Å². The maximum absolute atomic E-state index is 10.6. The summed E-state index contributed by atoms with van der Waals surface area (Å²) < 4.78 is 5.42. The third-order valence-corrected chi connectivity index (χ3v) is 3.39. The minimum absolute atomic E-state index is 0.119. The second-order valence-corrected chi connectivity index (χ2v) is 5.08. The Balaban J connectivity index is 2.14. The highest BCUT2D eigenvalue weighted by Crippen LogP contribution is 2.10. The van der Waals surface area contributed by atoms with E-state index in [2.05, 4.69) is 11.2 Å². The van der Waals surface area contributed by atoms with E-state index in [1.807, 2.05) is 11.8 Å². The first kappa shape index (κ1) is 13.8. The van der Waals surface area contributed by atoms with Crippen molar-refractivity contribution in [2.45, 2.75) is 25.4 Å². The minimum Gasteiger partial charge on any atom is -0.481 e. The molecular formula is C11H21NO3S. The molecule has 1 N–H and O–H groups in total. The molecule has 1 saturated heterocycles. The largest absolute Gasteiger partial charge is 0.481 e. The summed E-state index contributed by atoms with van der Waals surface area (Å²) in [6, 6.07) is 0. The van der Waals surface area contributed by atoms with Crippen LogP contribution in [-0.2, 0) is 9.53 Å². The van der Waals surface area contributed by atoms with Crippen LogP contribution in [0, 0.1) is 0 Å². The van der Waals surface area contributed by atoms with Gasteiger partial charge in [0, 0.05) is 13.1 Å². The molecule has 1 aliphatic rings. The Labute approximate surface area is 101 Å². The summed E-state index contributed by atoms with van der Waals surface area (Å²) in [4.78, 5) is 12.9. The lowest BCUT2D eigenvalue weighted by molar-refractivity contribution is -0.142. The van der Waals surface area contributed by atoms with Gasteiger partial charge in [-0.25, -0.2) is 0 Å². The molecule has 0 aliphatic carbocycles. The van der Waals surface area contributed by atoms with Crippen molar-refractivity contribution >= 4 is 17.7 Å². The van der Waals surface area contributed by atoms with E-state index < -0.39 is 5.97 Å². The lowest BCUT2D eigenvalue weighted by atomic mass is 10.2. The van der Waals surface area contributed by atoms with Gasteiger partial charge in [0.1, 0.15) is 0 Å². The molecule has 0 bridgehead atoms. The predicted octanol–water partition coefficient (Wildman–Crippen LogP) is 1.31. The molecule has 16 heavy (non-hydrogen) atoms. The summed E-state index contributed by atoms with van der Waals surface area (Å²) in [5.41, 5.74) is 0. The summed E-state index contributed by atoms with van der Waals surface area (Å²) in [5, 5.41) is 8.70. The molecule has 5 heteroatoms. The van der Waals surface area contributed by atoms with Crippen molar-refractivity contribution in [3.63, 3.8) is 0 Å². The van der Waals surface area contributed by atoms with Crippen molar-refractivity contribution in [1.82, 2.24) is 4.90 Å². The van der Waals surface area contributed by atoms with Crippen LogP contribution in [0.1, 0.15) is 19.3 Å². The number of unbranched alkanes of at least 4 members (excludes halogenated alkanes) is 1. The van der Waals surface area contributed by atoms with E-state index in [0.717, 1.165) is 19.6 Å². The Morgan fingerprint density at radius 3 is 3.06 bits per heavy atom. The lowest BCUT2D eigenvalue weighted by Gasteiger charge is -2.32. The van der Waals surface area contributed by atoms with Crippen molar-refractivity contribution in [2.75, 3.05) is 38.2 Å². The highest BCUT2D eigenvalue weighted by Gasteiger charge is 2.21. The van der Waals surface area contributed by atoms with Crippen LogP contribution in [-0.4, -0.2) is 60.3 Å². The van der Waals surface area contributed by atoms with Crippen LogP contribution in [0.2, 0.25) is 0 Å². The van der Waals surface area contributed by atoms with E-state index in [4.69, 9.17) is 9.84 Å². The molecule has 1 aliphatic heterocycles. The predicted molar refractivity (Wildman–Crippen MR) is 66.0 cm³/mol. The maximum Gasteiger partial charge on any atom is 0.306 e. The molecule has 0 amide bonds. The van der Waals surface area contributed by atoms with Crippen LogP contribution in [0.4, 0.5) is 0 Å². The molecule has 1 rings (SSSR count). The highest BCUT2D eigenvalue weighted by atomic mass is 32.2. The molecule has 0 aromatic heterocycles. The number of ether oxygens (including phenoxy) is 1. The fourth-order valence-electron chi connectivity index (χ4n) is 1.88. The minimum atomic E-state index is -0.769. The van der Waals surface area contributed by atoms with E-state index in [1.165, 1.54) is 18.6 Å². The van der Waals surface area contributed by atoms with Gasteiger partial charge in [-0.2, -0.15) is 11.8 Å². The molecule has 0 radical (unpaired) electrons. The molecule has 1 fully saturated rings. The number of carboxylic acid groups (broad SMARTS) is 1. The molecular weight excluding hydrogens is 226 g/mol. The van der Waals surface area contributed by atoms with Crippen molar-refractivity contribution in [1.29, 1.82) is 0 Å². The van der Waals surface area contributed by atoms with Gasteiger partial charge in [-0.15, -0.1) is 0 Å². The Hall–Kier alpha value is -0.260. The SMILES string of the molecule is CSCCCCN1CCOC(CC(=O)O)C1. The summed E-state index contributed by atoms with van der Waals surface area (Å²) in [6.45, 7) is 3.45.